The van der Waals surface area contributed by atoms with Gasteiger partial charge in [-0.05, 0) is 64.2 Å². The van der Waals surface area contributed by atoms with Crippen LogP contribution in [-0.2, 0) is 32.7 Å². The monoisotopic (exact) mass is 840 g/mol. The molecule has 4 N–H and O–H groups in total. The number of phosphoric acid groups is 1. The lowest BCUT2D eigenvalue weighted by Gasteiger charge is -2.19. The highest BCUT2D eigenvalue weighted by Gasteiger charge is 2.26. The van der Waals surface area contributed by atoms with E-state index >= 15 is 0 Å². The first-order chi connectivity index (χ1) is 28.2. The molecule has 0 aromatic rings. The van der Waals surface area contributed by atoms with Gasteiger partial charge in [-0.1, -0.05) is 172 Å². The fourth-order valence-electron chi connectivity index (χ4n) is 6.31. The van der Waals surface area contributed by atoms with Crippen LogP contribution in [0.2, 0.25) is 0 Å². The number of nitrogens with two attached hydrogens (primary N) is 1. The van der Waals surface area contributed by atoms with Gasteiger partial charge in [-0.3, -0.25) is 18.6 Å². The van der Waals surface area contributed by atoms with Crippen LogP contribution < -0.4 is 5.73 Å². The quantitative estimate of drug-likeness (QED) is 0.0178. The number of aliphatic hydroxyl groups excluding tert-OH is 1. The number of ether oxygens (including phenoxy) is 2. The molecule has 0 aliphatic carbocycles. The number of rotatable bonds is 43. The first-order valence-electron chi connectivity index (χ1n) is 23.2. The van der Waals surface area contributed by atoms with Crippen LogP contribution in [0.5, 0.6) is 0 Å². The molecule has 0 saturated carbocycles. The molecule has 11 heteroatoms. The summed E-state index contributed by atoms with van der Waals surface area (Å²) in [5.74, 6) is -0.881. The number of esters is 2. The number of carbonyl (C=O) groups is 2. The van der Waals surface area contributed by atoms with Gasteiger partial charge >= 0.3 is 19.8 Å². The zero-order valence-corrected chi connectivity index (χ0v) is 37.8. The van der Waals surface area contributed by atoms with Crippen LogP contribution in [0.4, 0.5) is 0 Å². The van der Waals surface area contributed by atoms with Gasteiger partial charge in [-0.15, -0.1) is 0 Å². The van der Waals surface area contributed by atoms with Crippen molar-refractivity contribution in [1.29, 1.82) is 0 Å². The molecule has 338 valence electrons. The van der Waals surface area contributed by atoms with Crippen LogP contribution in [0.1, 0.15) is 200 Å². The Kier molecular flexibility index (Phi) is 41.5. The third-order valence-electron chi connectivity index (χ3n) is 9.78. The minimum atomic E-state index is -4.40. The summed E-state index contributed by atoms with van der Waals surface area (Å²) in [6, 6.07) is 0. The normalized spacial score (nSPS) is 14.2. The predicted octanol–water partition coefficient (Wildman–Crippen LogP) is 12.5. The summed E-state index contributed by atoms with van der Waals surface area (Å²) in [7, 11) is -4.40. The molecular weight excluding hydrogens is 753 g/mol. The number of carbonyl (C=O) groups excluding carboxylic acids is 2. The minimum absolute atomic E-state index is 0.0413. The first-order valence-corrected chi connectivity index (χ1v) is 24.7. The van der Waals surface area contributed by atoms with E-state index in [9.17, 15) is 24.2 Å². The number of hydrogen-bond acceptors (Lipinski definition) is 9. The number of hydrogen-bond donors (Lipinski definition) is 3. The van der Waals surface area contributed by atoms with Crippen LogP contribution in [0, 0.1) is 0 Å². The van der Waals surface area contributed by atoms with Crippen molar-refractivity contribution >= 4 is 19.8 Å². The average molecular weight is 840 g/mol. The van der Waals surface area contributed by atoms with Crippen molar-refractivity contribution in [2.45, 2.75) is 212 Å². The Hall–Kier alpha value is -2.07. The maximum atomic E-state index is 12.6. The Labute approximate surface area is 354 Å². The van der Waals surface area contributed by atoms with Gasteiger partial charge in [-0.25, -0.2) is 4.57 Å². The van der Waals surface area contributed by atoms with Crippen molar-refractivity contribution in [3.8, 4) is 0 Å². The van der Waals surface area contributed by atoms with Crippen molar-refractivity contribution < 1.29 is 42.7 Å². The van der Waals surface area contributed by atoms with Gasteiger partial charge in [0.15, 0.2) is 6.10 Å². The second-order valence-corrected chi connectivity index (χ2v) is 16.9. The van der Waals surface area contributed by atoms with Crippen LogP contribution in [0.3, 0.4) is 0 Å². The molecule has 0 amide bonds. The number of phosphoric ester groups is 1. The molecular formula is C47H86NO9P. The fraction of sp³-hybridized carbons (Fsp3) is 0.787. The highest BCUT2D eigenvalue weighted by atomic mass is 31.2. The second kappa shape index (κ2) is 43.0. The maximum Gasteiger partial charge on any atom is 0.472 e. The van der Waals surface area contributed by atoms with E-state index in [1.54, 1.807) is 6.08 Å². The lowest BCUT2D eigenvalue weighted by molar-refractivity contribution is -0.161. The van der Waals surface area contributed by atoms with Gasteiger partial charge in [0, 0.05) is 19.4 Å². The Morgan fingerprint density at radius 3 is 1.64 bits per heavy atom. The van der Waals surface area contributed by atoms with E-state index in [4.69, 9.17) is 24.3 Å². The van der Waals surface area contributed by atoms with Crippen molar-refractivity contribution in [2.24, 2.45) is 5.73 Å². The van der Waals surface area contributed by atoms with Crippen molar-refractivity contribution in [2.75, 3.05) is 26.4 Å². The third kappa shape index (κ3) is 42.1. The van der Waals surface area contributed by atoms with Crippen molar-refractivity contribution in [3.63, 3.8) is 0 Å². The van der Waals surface area contributed by atoms with E-state index in [0.717, 1.165) is 57.8 Å². The van der Waals surface area contributed by atoms with E-state index in [2.05, 4.69) is 32.1 Å². The Balaban J connectivity index is 4.14. The smallest absolute Gasteiger partial charge is 0.462 e. The van der Waals surface area contributed by atoms with Crippen LogP contribution in [0.15, 0.2) is 48.6 Å². The topological polar surface area (TPSA) is 155 Å². The molecule has 10 nitrogen and oxygen atoms in total. The number of aliphatic hydroxyl groups is 1. The Bertz CT molecular complexity index is 1110. The second-order valence-electron chi connectivity index (χ2n) is 15.4. The molecule has 58 heavy (non-hydrogen) atoms. The van der Waals surface area contributed by atoms with E-state index in [-0.39, 0.29) is 32.6 Å². The van der Waals surface area contributed by atoms with E-state index in [1.807, 2.05) is 24.3 Å². The zero-order valence-electron chi connectivity index (χ0n) is 36.9. The van der Waals surface area contributed by atoms with Crippen molar-refractivity contribution in [1.82, 2.24) is 0 Å². The molecule has 2 unspecified atom stereocenters. The molecule has 0 aromatic heterocycles. The van der Waals surface area contributed by atoms with E-state index < -0.39 is 38.6 Å². The summed E-state index contributed by atoms with van der Waals surface area (Å²) in [4.78, 5) is 34.9. The van der Waals surface area contributed by atoms with Gasteiger partial charge in [0.05, 0.1) is 19.3 Å². The molecule has 0 radical (unpaired) electrons. The molecule has 3 atom stereocenters. The highest BCUT2D eigenvalue weighted by molar-refractivity contribution is 7.47. The average Bonchev–Trinajstić information content (AvgIpc) is 3.20. The van der Waals surface area contributed by atoms with Gasteiger partial charge < -0.3 is 25.2 Å². The van der Waals surface area contributed by atoms with E-state index in [1.165, 1.54) is 96.3 Å². The summed E-state index contributed by atoms with van der Waals surface area (Å²) >= 11 is 0. The SMILES string of the molecule is CC/C=C/CC(O)/C=C/C=C/CCCCCCCC(=O)OC[C@H](COP(=O)(O)OCCN)OC(=O)CCCCCCCCCCCCC/C=C\CCCCCCCC. The lowest BCUT2D eigenvalue weighted by atomic mass is 10.0. The number of allylic oxidation sites excluding steroid dienone is 6. The molecule has 0 aliphatic heterocycles. The summed E-state index contributed by atoms with van der Waals surface area (Å²) in [5, 5.41) is 9.87. The highest BCUT2D eigenvalue weighted by Crippen LogP contribution is 2.43. The van der Waals surface area contributed by atoms with E-state index in [0.29, 0.717) is 19.3 Å². The molecule has 0 spiro atoms. The Morgan fingerprint density at radius 2 is 1.10 bits per heavy atom. The van der Waals surface area contributed by atoms with Gasteiger partial charge in [0.1, 0.15) is 6.61 Å². The molecule has 0 aromatic carbocycles. The van der Waals surface area contributed by atoms with Crippen molar-refractivity contribution in [3.05, 3.63) is 48.6 Å². The molecule has 0 rings (SSSR count). The summed E-state index contributed by atoms with van der Waals surface area (Å²) < 4.78 is 32.8. The maximum absolute atomic E-state index is 12.6. The molecule has 0 aliphatic rings. The molecule has 0 heterocycles. The summed E-state index contributed by atoms with van der Waals surface area (Å²) in [6.07, 6.45) is 46.2. The summed E-state index contributed by atoms with van der Waals surface area (Å²) in [5.41, 5.74) is 5.35. The van der Waals surface area contributed by atoms with Gasteiger partial charge in [0.25, 0.3) is 0 Å². The van der Waals surface area contributed by atoms with Gasteiger partial charge in [0.2, 0.25) is 0 Å². The first kappa shape index (κ1) is 55.9. The minimum Gasteiger partial charge on any atom is -0.462 e. The van der Waals surface area contributed by atoms with Crippen LogP contribution >= 0.6 is 7.82 Å². The standard InChI is InChI=1S/C47H86NO9P/c1-3-5-7-8-9-10-11-12-13-14-15-16-17-18-19-20-21-24-28-31-35-39-47(51)57-45(43-56-58(52,53)55-41-40-48)42-54-46(50)38-34-30-27-25-22-23-26-29-33-37-44(49)36-32-6-4-2/h6,12-13,26,29,32-33,37,44-45,49H,3-5,7-11,14-25,27-28,30-31,34-36,38-43,48H2,1-2H3,(H,52,53)/b13-12-,29-26+,32-6+,37-33+/t44?,45-/m1/s1. The largest absolute Gasteiger partial charge is 0.472 e. The summed E-state index contributed by atoms with van der Waals surface area (Å²) in [6.45, 7) is 3.49. The molecule has 0 bridgehead atoms. The number of unbranched alkanes of at least 4 members (excludes halogenated alkanes) is 22. The Morgan fingerprint density at radius 1 is 0.603 bits per heavy atom. The third-order valence-corrected chi connectivity index (χ3v) is 10.8. The van der Waals surface area contributed by atoms with Crippen LogP contribution in [-0.4, -0.2) is 60.5 Å². The molecule has 0 saturated heterocycles. The fourth-order valence-corrected chi connectivity index (χ4v) is 7.08. The lowest BCUT2D eigenvalue weighted by Crippen LogP contribution is -2.29. The predicted molar refractivity (Wildman–Crippen MR) is 239 cm³/mol. The van der Waals surface area contributed by atoms with Gasteiger partial charge in [-0.2, -0.15) is 0 Å². The zero-order chi connectivity index (χ0) is 42.6. The van der Waals surface area contributed by atoms with Crippen LogP contribution in [0.25, 0.3) is 0 Å². The molecule has 0 fully saturated rings.